The number of hydrogen-bond donors (Lipinski definition) is 1. The molecule has 0 bridgehead atoms. The molecule has 2 amide bonds. The van der Waals surface area contributed by atoms with Crippen LogP contribution in [-0.2, 0) is 11.2 Å². The largest absolute Gasteiger partial charge is 0.484 e. The van der Waals surface area contributed by atoms with E-state index in [9.17, 15) is 14.0 Å². The molecule has 8 heteroatoms. The summed E-state index contributed by atoms with van der Waals surface area (Å²) in [4.78, 5) is 29.9. The lowest BCUT2D eigenvalue weighted by Gasteiger charge is -2.29. The standard InChI is InChI=1S/C24H29FN4O3/c1-26-17-9-10-28(14-17)22-7-4-18(13-21(22)25)29-11-8-16-12-19(5-6-20(16)24(29)31)32-15-23(30)27(2)3/h4-7,12-13,17,26H,8-11,14-15H2,1-3H3/t17-/m1/s1. The zero-order valence-corrected chi connectivity index (χ0v) is 18.7. The van der Waals surface area contributed by atoms with Crippen LogP contribution in [0.2, 0.25) is 0 Å². The third kappa shape index (κ3) is 4.41. The van der Waals surface area contributed by atoms with Gasteiger partial charge in [0.2, 0.25) is 0 Å². The second-order valence-corrected chi connectivity index (χ2v) is 8.46. The van der Waals surface area contributed by atoms with E-state index in [0.29, 0.717) is 41.7 Å². The van der Waals surface area contributed by atoms with Crippen molar-refractivity contribution < 1.29 is 18.7 Å². The molecule has 0 radical (unpaired) electrons. The summed E-state index contributed by atoms with van der Waals surface area (Å²) in [6, 6.07) is 10.6. The minimum Gasteiger partial charge on any atom is -0.484 e. The summed E-state index contributed by atoms with van der Waals surface area (Å²) in [6.45, 7) is 1.98. The number of rotatable bonds is 6. The molecule has 0 saturated carbocycles. The fraction of sp³-hybridized carbons (Fsp3) is 0.417. The van der Waals surface area contributed by atoms with Gasteiger partial charge in [0.15, 0.2) is 6.61 Å². The number of nitrogens with zero attached hydrogens (tertiary/aromatic N) is 3. The molecule has 170 valence electrons. The summed E-state index contributed by atoms with van der Waals surface area (Å²) in [6.07, 6.45) is 1.60. The van der Waals surface area contributed by atoms with Crippen molar-refractivity contribution in [3.8, 4) is 5.75 Å². The average molecular weight is 441 g/mol. The highest BCUT2D eigenvalue weighted by Gasteiger charge is 2.28. The maximum atomic E-state index is 14.9. The van der Waals surface area contributed by atoms with Gasteiger partial charge in [-0.05, 0) is 61.9 Å². The van der Waals surface area contributed by atoms with Crippen molar-refractivity contribution >= 4 is 23.2 Å². The van der Waals surface area contributed by atoms with Gasteiger partial charge in [0.1, 0.15) is 11.6 Å². The average Bonchev–Trinajstić information content (AvgIpc) is 3.26. The fourth-order valence-electron chi connectivity index (χ4n) is 4.21. The van der Waals surface area contributed by atoms with Gasteiger partial charge in [0.25, 0.3) is 11.8 Å². The van der Waals surface area contributed by atoms with E-state index in [2.05, 4.69) is 5.32 Å². The minimum atomic E-state index is -0.313. The normalized spacial score (nSPS) is 18.0. The molecule has 1 atom stereocenters. The van der Waals surface area contributed by atoms with Crippen molar-refractivity contribution in [3.05, 3.63) is 53.3 Å². The Morgan fingerprint density at radius 2 is 2.03 bits per heavy atom. The van der Waals surface area contributed by atoms with Gasteiger partial charge in [-0.3, -0.25) is 9.59 Å². The molecular formula is C24H29FN4O3. The van der Waals surface area contributed by atoms with Gasteiger partial charge in [0, 0.05) is 51.0 Å². The van der Waals surface area contributed by atoms with Gasteiger partial charge in [0.05, 0.1) is 5.69 Å². The van der Waals surface area contributed by atoms with Crippen LogP contribution < -0.4 is 19.9 Å². The summed E-state index contributed by atoms with van der Waals surface area (Å²) in [5, 5.41) is 3.24. The summed E-state index contributed by atoms with van der Waals surface area (Å²) >= 11 is 0. The number of likely N-dealkylation sites (N-methyl/N-ethyl adjacent to an activating group) is 2. The van der Waals surface area contributed by atoms with E-state index in [-0.39, 0.29) is 24.2 Å². The molecule has 1 saturated heterocycles. The van der Waals surface area contributed by atoms with E-state index in [4.69, 9.17) is 4.74 Å². The zero-order valence-electron chi connectivity index (χ0n) is 18.7. The number of carbonyl (C=O) groups is 2. The van der Waals surface area contributed by atoms with Gasteiger partial charge in [-0.25, -0.2) is 4.39 Å². The molecule has 2 aliphatic rings. The summed E-state index contributed by atoms with van der Waals surface area (Å²) in [5.41, 5.74) is 2.57. The molecule has 2 aromatic carbocycles. The highest BCUT2D eigenvalue weighted by atomic mass is 19.1. The van der Waals surface area contributed by atoms with Crippen LogP contribution in [0.15, 0.2) is 36.4 Å². The van der Waals surface area contributed by atoms with Crippen molar-refractivity contribution in [1.82, 2.24) is 10.2 Å². The van der Waals surface area contributed by atoms with Crippen molar-refractivity contribution in [2.45, 2.75) is 18.9 Å². The number of fused-ring (bicyclic) bond motifs is 1. The molecule has 7 nitrogen and oxygen atoms in total. The van der Waals surface area contributed by atoms with Crippen molar-refractivity contribution in [3.63, 3.8) is 0 Å². The number of carbonyl (C=O) groups excluding carboxylic acids is 2. The van der Waals surface area contributed by atoms with Crippen LogP contribution in [0.4, 0.5) is 15.8 Å². The molecule has 0 aliphatic carbocycles. The number of anilines is 2. The number of halogens is 1. The lowest BCUT2D eigenvalue weighted by Crippen LogP contribution is -2.37. The lowest BCUT2D eigenvalue weighted by atomic mass is 9.98. The number of ether oxygens (including phenoxy) is 1. The summed E-state index contributed by atoms with van der Waals surface area (Å²) in [7, 11) is 5.27. The quantitative estimate of drug-likeness (QED) is 0.747. The van der Waals surface area contributed by atoms with Crippen LogP contribution in [0.1, 0.15) is 22.3 Å². The highest BCUT2D eigenvalue weighted by Crippen LogP contribution is 2.31. The van der Waals surface area contributed by atoms with E-state index in [0.717, 1.165) is 25.1 Å². The van der Waals surface area contributed by atoms with Crippen LogP contribution in [-0.4, -0.2) is 70.1 Å². The van der Waals surface area contributed by atoms with E-state index in [1.165, 1.54) is 11.0 Å². The van der Waals surface area contributed by atoms with Gasteiger partial charge in [-0.15, -0.1) is 0 Å². The van der Waals surface area contributed by atoms with Crippen LogP contribution in [0.5, 0.6) is 5.75 Å². The molecule has 2 aromatic rings. The molecule has 2 aliphatic heterocycles. The Kier molecular flexibility index (Phi) is 6.32. The fourth-order valence-corrected chi connectivity index (χ4v) is 4.21. The number of hydrogen-bond acceptors (Lipinski definition) is 5. The van der Waals surface area contributed by atoms with Gasteiger partial charge < -0.3 is 24.8 Å². The molecular weight excluding hydrogens is 411 g/mol. The molecule has 0 aromatic heterocycles. The zero-order chi connectivity index (χ0) is 22.8. The summed E-state index contributed by atoms with van der Waals surface area (Å²) in [5.74, 6) is -0.0511. The van der Waals surface area contributed by atoms with Crippen LogP contribution in [0.3, 0.4) is 0 Å². The molecule has 2 heterocycles. The molecule has 0 spiro atoms. The van der Waals surface area contributed by atoms with Crippen molar-refractivity contribution in [1.29, 1.82) is 0 Å². The first-order valence-corrected chi connectivity index (χ1v) is 10.9. The Hall–Kier alpha value is -3.13. The first-order chi connectivity index (χ1) is 15.4. The monoisotopic (exact) mass is 440 g/mol. The minimum absolute atomic E-state index is 0.0520. The first-order valence-electron chi connectivity index (χ1n) is 10.9. The Bertz CT molecular complexity index is 1030. The molecule has 32 heavy (non-hydrogen) atoms. The maximum absolute atomic E-state index is 14.9. The number of benzene rings is 2. The third-order valence-electron chi connectivity index (χ3n) is 6.20. The third-order valence-corrected chi connectivity index (χ3v) is 6.20. The lowest BCUT2D eigenvalue weighted by molar-refractivity contribution is -0.130. The van der Waals surface area contributed by atoms with Crippen LogP contribution >= 0.6 is 0 Å². The number of amides is 2. The smallest absolute Gasteiger partial charge is 0.259 e. The van der Waals surface area contributed by atoms with E-state index < -0.39 is 0 Å². The summed E-state index contributed by atoms with van der Waals surface area (Å²) < 4.78 is 20.5. The number of nitrogens with one attached hydrogen (secondary N) is 1. The van der Waals surface area contributed by atoms with Crippen LogP contribution in [0.25, 0.3) is 0 Å². The second-order valence-electron chi connectivity index (χ2n) is 8.46. The van der Waals surface area contributed by atoms with Gasteiger partial charge in [-0.1, -0.05) is 0 Å². The Balaban J connectivity index is 1.47. The van der Waals surface area contributed by atoms with E-state index in [1.807, 2.05) is 24.1 Å². The second kappa shape index (κ2) is 9.16. The molecule has 1 fully saturated rings. The SMILES string of the molecule is CN[C@@H]1CCN(c2ccc(N3CCc4cc(OCC(=O)N(C)C)ccc4C3=O)cc2F)C1. The van der Waals surface area contributed by atoms with Crippen molar-refractivity contribution in [2.24, 2.45) is 0 Å². The Morgan fingerprint density at radius 1 is 1.22 bits per heavy atom. The highest BCUT2D eigenvalue weighted by molar-refractivity contribution is 6.08. The maximum Gasteiger partial charge on any atom is 0.259 e. The van der Waals surface area contributed by atoms with Crippen LogP contribution in [0, 0.1) is 5.82 Å². The van der Waals surface area contributed by atoms with Gasteiger partial charge in [-0.2, -0.15) is 0 Å². The van der Waals surface area contributed by atoms with Crippen molar-refractivity contribution in [2.75, 3.05) is 57.2 Å². The Morgan fingerprint density at radius 3 is 2.72 bits per heavy atom. The topological polar surface area (TPSA) is 65.1 Å². The van der Waals surface area contributed by atoms with E-state index >= 15 is 0 Å². The predicted octanol–water partition coefficient (Wildman–Crippen LogP) is 2.29. The molecule has 0 unspecified atom stereocenters. The van der Waals surface area contributed by atoms with E-state index in [1.54, 1.807) is 37.2 Å². The first kappa shape index (κ1) is 22.1. The Labute approximate surface area is 187 Å². The predicted molar refractivity (Wildman–Crippen MR) is 122 cm³/mol. The molecule has 1 N–H and O–H groups in total. The molecule has 4 rings (SSSR count). The van der Waals surface area contributed by atoms with Gasteiger partial charge >= 0.3 is 0 Å².